The number of guanidine groups is 1. The molecule has 0 aromatic rings. The molecule has 13 nitrogen and oxygen atoms in total. The molecule has 29 heavy (non-hydrogen) atoms. The minimum Gasteiger partial charge on any atom is -0.477 e. The van der Waals surface area contributed by atoms with Crippen LogP contribution in [0.15, 0.2) is 11.8 Å². The number of carbonyl (C=O) groups excluding carboxylic acids is 2. The lowest BCUT2D eigenvalue weighted by Crippen LogP contribution is -2.65. The first-order chi connectivity index (χ1) is 13.5. The zero-order chi connectivity index (χ0) is 22.3. The third kappa shape index (κ3) is 6.53. The third-order valence-electron chi connectivity index (χ3n) is 4.15. The van der Waals surface area contributed by atoms with Crippen LogP contribution in [0.5, 0.6) is 0 Å². The molecule has 0 aliphatic carbocycles. The van der Waals surface area contributed by atoms with E-state index in [2.05, 4.69) is 10.6 Å². The molecular formula is C15H26BN5O8. The summed E-state index contributed by atoms with van der Waals surface area (Å²) in [7, 11) is 1.43. The molecule has 162 valence electrons. The number of amides is 2. The van der Waals surface area contributed by atoms with E-state index in [4.69, 9.17) is 20.6 Å². The molecule has 0 aromatic heterocycles. The van der Waals surface area contributed by atoms with Crippen molar-refractivity contribution < 1.29 is 39.2 Å². The largest absolute Gasteiger partial charge is 0.477 e. The van der Waals surface area contributed by atoms with Crippen molar-refractivity contribution in [3.05, 3.63) is 11.8 Å². The average Bonchev–Trinajstić information content (AvgIpc) is 2.64. The van der Waals surface area contributed by atoms with Crippen LogP contribution in [0.4, 0.5) is 4.79 Å². The Kier molecular flexibility index (Phi) is 8.72. The van der Waals surface area contributed by atoms with Crippen LogP contribution in [0.3, 0.4) is 0 Å². The van der Waals surface area contributed by atoms with Crippen LogP contribution in [0.25, 0.3) is 0 Å². The van der Waals surface area contributed by atoms with E-state index in [1.54, 1.807) is 6.92 Å². The van der Waals surface area contributed by atoms with E-state index >= 15 is 0 Å². The molecule has 0 radical (unpaired) electrons. The van der Waals surface area contributed by atoms with Crippen molar-refractivity contribution >= 4 is 31.9 Å². The third-order valence-corrected chi connectivity index (χ3v) is 4.15. The quantitative estimate of drug-likeness (QED) is 0.118. The number of nitrogens with zero attached hydrogens (tertiary/aromatic N) is 1. The molecular weight excluding hydrogens is 389 g/mol. The van der Waals surface area contributed by atoms with Crippen molar-refractivity contribution in [2.75, 3.05) is 13.2 Å². The van der Waals surface area contributed by atoms with E-state index in [-0.39, 0.29) is 6.54 Å². The van der Waals surface area contributed by atoms with Gasteiger partial charge in [-0.15, -0.1) is 0 Å². The number of carboxylic acid groups (broad SMARTS) is 1. The van der Waals surface area contributed by atoms with Gasteiger partial charge in [-0.1, -0.05) is 0 Å². The second-order valence-electron chi connectivity index (χ2n) is 6.34. The van der Waals surface area contributed by atoms with Crippen LogP contribution < -0.4 is 16.4 Å². The molecule has 1 rings (SSSR count). The fourth-order valence-corrected chi connectivity index (χ4v) is 2.64. The molecule has 2 amide bonds. The number of nitrogens with one attached hydrogen (secondary N) is 3. The summed E-state index contributed by atoms with van der Waals surface area (Å²) < 4.78 is 10.7. The van der Waals surface area contributed by atoms with E-state index in [0.29, 0.717) is 0 Å². The van der Waals surface area contributed by atoms with Crippen molar-refractivity contribution in [1.29, 1.82) is 5.41 Å². The Morgan fingerprint density at radius 2 is 2.07 bits per heavy atom. The molecule has 0 spiro atoms. The maximum atomic E-state index is 12.2. The first-order valence-electron chi connectivity index (χ1n) is 8.71. The highest BCUT2D eigenvalue weighted by Gasteiger charge is 2.46. The van der Waals surface area contributed by atoms with Gasteiger partial charge < -0.3 is 46.0 Å². The Morgan fingerprint density at radius 3 is 2.52 bits per heavy atom. The highest BCUT2D eigenvalue weighted by atomic mass is 16.6. The monoisotopic (exact) mass is 415 g/mol. The second-order valence-corrected chi connectivity index (χ2v) is 6.34. The van der Waals surface area contributed by atoms with Crippen molar-refractivity contribution in [2.24, 2.45) is 5.73 Å². The zero-order valence-corrected chi connectivity index (χ0v) is 16.3. The minimum absolute atomic E-state index is 0.274. The Hall–Kier alpha value is -3.00. The summed E-state index contributed by atoms with van der Waals surface area (Å²) in [5.74, 6) is -3.11. The van der Waals surface area contributed by atoms with E-state index in [9.17, 15) is 29.7 Å². The normalized spacial score (nSPS) is 22.9. The molecule has 0 fully saturated rings. The fourth-order valence-electron chi connectivity index (χ4n) is 2.64. The SMILES string of the molecule is BN(CC)C(=O)O[C@@H]([C@@H]1OC(C(=O)O)=C[C@H](NC(=N)N)[C@H]1NC(C)=O)[C@H](O)CO. The van der Waals surface area contributed by atoms with Gasteiger partial charge in [0, 0.05) is 13.5 Å². The van der Waals surface area contributed by atoms with Crippen molar-refractivity contribution in [3.8, 4) is 0 Å². The molecule has 1 heterocycles. The topological polar surface area (TPSA) is 208 Å². The van der Waals surface area contributed by atoms with Gasteiger partial charge in [0.05, 0.1) is 18.7 Å². The summed E-state index contributed by atoms with van der Waals surface area (Å²) in [6.07, 6.45) is -4.42. The first kappa shape index (κ1) is 24.0. The lowest BCUT2D eigenvalue weighted by molar-refractivity contribution is -0.146. The van der Waals surface area contributed by atoms with E-state index in [1.807, 2.05) is 0 Å². The van der Waals surface area contributed by atoms with Gasteiger partial charge in [-0.25, -0.2) is 9.59 Å². The van der Waals surface area contributed by atoms with Crippen molar-refractivity contribution in [1.82, 2.24) is 15.4 Å². The summed E-state index contributed by atoms with van der Waals surface area (Å²) in [5.41, 5.74) is 5.34. The van der Waals surface area contributed by atoms with Gasteiger partial charge >= 0.3 is 12.1 Å². The predicted molar refractivity (Wildman–Crippen MR) is 101 cm³/mol. The van der Waals surface area contributed by atoms with Gasteiger partial charge in [0.2, 0.25) is 19.6 Å². The lowest BCUT2D eigenvalue weighted by Gasteiger charge is -2.41. The smallest absolute Gasteiger partial charge is 0.397 e. The number of nitrogens with two attached hydrogens (primary N) is 1. The Labute approximate surface area is 167 Å². The number of aliphatic hydroxyl groups excluding tert-OH is 2. The first-order valence-corrected chi connectivity index (χ1v) is 8.71. The second kappa shape index (κ2) is 10.5. The lowest BCUT2D eigenvalue weighted by atomic mass is 9.91. The Morgan fingerprint density at radius 1 is 1.45 bits per heavy atom. The summed E-state index contributed by atoms with van der Waals surface area (Å²) >= 11 is 0. The molecule has 5 atom stereocenters. The number of carboxylic acids is 1. The molecule has 0 aromatic carbocycles. The maximum absolute atomic E-state index is 12.2. The minimum atomic E-state index is -1.66. The highest BCUT2D eigenvalue weighted by Crippen LogP contribution is 2.25. The van der Waals surface area contributed by atoms with Crippen LogP contribution in [0.1, 0.15) is 13.8 Å². The number of aliphatic carboxylic acids is 1. The van der Waals surface area contributed by atoms with Crippen LogP contribution in [0, 0.1) is 5.41 Å². The van der Waals surface area contributed by atoms with Crippen LogP contribution in [0.2, 0.25) is 0 Å². The van der Waals surface area contributed by atoms with Gasteiger partial charge in [0.1, 0.15) is 6.10 Å². The van der Waals surface area contributed by atoms with Gasteiger partial charge in [-0.05, 0) is 13.0 Å². The Bertz CT molecular complexity index is 675. The van der Waals surface area contributed by atoms with Gasteiger partial charge in [0.25, 0.3) is 0 Å². The average molecular weight is 415 g/mol. The molecule has 1 aliphatic rings. The van der Waals surface area contributed by atoms with E-state index in [0.717, 1.165) is 6.08 Å². The molecule has 0 saturated heterocycles. The van der Waals surface area contributed by atoms with Gasteiger partial charge in [-0.3, -0.25) is 10.2 Å². The molecule has 14 heteroatoms. The van der Waals surface area contributed by atoms with Crippen LogP contribution in [-0.4, -0.2) is 95.6 Å². The Balaban J connectivity index is 3.40. The summed E-state index contributed by atoms with van der Waals surface area (Å²) in [6, 6.07) is -2.15. The van der Waals surface area contributed by atoms with Crippen molar-refractivity contribution in [3.63, 3.8) is 0 Å². The standard InChI is InChI=1S/C15H26BN5O8/c1-3-21(16)15(27)29-11(8(24)5-22)12-10(19-6(2)23)7(20-14(17)18)4-9(28-12)13(25)26/h4,7-8,10-12,22,24H,3,5,16H2,1-2H3,(H,19,23)(H,25,26)(H4,17,18,20)/t7-,8+,10+,11+,12+/m0/s1. The fraction of sp³-hybridized carbons (Fsp3) is 0.600. The van der Waals surface area contributed by atoms with E-state index < -0.39 is 66.7 Å². The summed E-state index contributed by atoms with van der Waals surface area (Å²) in [6.45, 7) is 2.30. The molecule has 0 bridgehead atoms. The molecule has 8 N–H and O–H groups in total. The number of aliphatic hydroxyl groups is 2. The van der Waals surface area contributed by atoms with Gasteiger partial charge in [0.15, 0.2) is 18.2 Å². The zero-order valence-electron chi connectivity index (χ0n) is 16.3. The maximum Gasteiger partial charge on any atom is 0.397 e. The summed E-state index contributed by atoms with van der Waals surface area (Å²) in [4.78, 5) is 36.6. The summed E-state index contributed by atoms with van der Waals surface area (Å²) in [5, 5.41) is 41.4. The predicted octanol–water partition coefficient (Wildman–Crippen LogP) is -3.56. The number of hydrogen-bond donors (Lipinski definition) is 7. The van der Waals surface area contributed by atoms with Crippen LogP contribution >= 0.6 is 0 Å². The molecule has 0 saturated carbocycles. The number of hydrogen-bond acceptors (Lipinski definition) is 8. The van der Waals surface area contributed by atoms with Crippen molar-refractivity contribution in [2.45, 2.75) is 44.2 Å². The number of ether oxygens (including phenoxy) is 2. The van der Waals surface area contributed by atoms with Crippen LogP contribution in [-0.2, 0) is 19.1 Å². The van der Waals surface area contributed by atoms with E-state index in [1.165, 1.54) is 19.7 Å². The van der Waals surface area contributed by atoms with Gasteiger partial charge in [-0.2, -0.15) is 0 Å². The highest BCUT2D eigenvalue weighted by molar-refractivity contribution is 6.12. The number of rotatable bonds is 8. The molecule has 0 unspecified atom stereocenters. The molecule has 1 aliphatic heterocycles. The number of carbonyl (C=O) groups is 3.